The van der Waals surface area contributed by atoms with Crippen LogP contribution in [0.5, 0.6) is 5.75 Å². The van der Waals surface area contributed by atoms with Gasteiger partial charge in [0.05, 0.1) is 29.6 Å². The van der Waals surface area contributed by atoms with Gasteiger partial charge in [0.2, 0.25) is 0 Å². The van der Waals surface area contributed by atoms with Crippen molar-refractivity contribution in [3.05, 3.63) is 86.9 Å². The molecular formula is C20H17BrN4O5S. The number of hydrazone groups is 1. The molecule has 0 fully saturated rings. The Morgan fingerprint density at radius 3 is 2.45 bits per heavy atom. The van der Waals surface area contributed by atoms with Gasteiger partial charge in [-0.1, -0.05) is 40.2 Å². The molecule has 0 bridgehead atoms. The predicted octanol–water partition coefficient (Wildman–Crippen LogP) is 4.61. The number of hydrogen-bond donors (Lipinski definition) is 2. The smallest absolute Gasteiger partial charge is 0.270 e. The maximum absolute atomic E-state index is 13.0. The Labute approximate surface area is 187 Å². The minimum absolute atomic E-state index is 0.0707. The van der Waals surface area contributed by atoms with Crippen molar-refractivity contribution in [2.24, 2.45) is 5.10 Å². The monoisotopic (exact) mass is 504 g/mol. The first-order chi connectivity index (χ1) is 14.8. The van der Waals surface area contributed by atoms with Crippen molar-refractivity contribution in [2.45, 2.75) is 4.90 Å². The molecular weight excluding hydrogens is 488 g/mol. The molecule has 31 heavy (non-hydrogen) atoms. The summed E-state index contributed by atoms with van der Waals surface area (Å²) >= 11 is 3.34. The van der Waals surface area contributed by atoms with E-state index in [0.717, 1.165) is 16.1 Å². The molecule has 0 unspecified atom stereocenters. The fraction of sp³-hybridized carbons (Fsp3) is 0.0500. The van der Waals surface area contributed by atoms with Gasteiger partial charge >= 0.3 is 0 Å². The van der Waals surface area contributed by atoms with Gasteiger partial charge in [-0.3, -0.25) is 20.3 Å². The maximum Gasteiger partial charge on any atom is 0.270 e. The number of methoxy groups -OCH3 is 1. The molecule has 0 amide bonds. The van der Waals surface area contributed by atoms with Crippen molar-refractivity contribution in [1.82, 2.24) is 0 Å². The molecule has 0 aromatic heterocycles. The maximum atomic E-state index is 13.0. The molecule has 0 radical (unpaired) electrons. The zero-order valence-corrected chi connectivity index (χ0v) is 18.6. The van der Waals surface area contributed by atoms with Gasteiger partial charge < -0.3 is 4.74 Å². The number of non-ortho nitro benzene ring substituents is 1. The molecule has 9 nitrogen and oxygen atoms in total. The second-order valence-electron chi connectivity index (χ2n) is 6.16. The number of nitrogens with one attached hydrogen (secondary N) is 2. The van der Waals surface area contributed by atoms with Crippen LogP contribution < -0.4 is 14.9 Å². The summed E-state index contributed by atoms with van der Waals surface area (Å²) in [5.41, 5.74) is 3.31. The second-order valence-corrected chi connectivity index (χ2v) is 8.73. The zero-order valence-electron chi connectivity index (χ0n) is 16.2. The standard InChI is InChI=1S/C20H17BrN4O5S/c1-30-19-5-3-2-4-17(19)24-31(28,29)20-12-16(25(26)27)10-11-18(20)23-22-13-14-6-8-15(21)9-7-14/h2-13,23-24H,1H3. The second kappa shape index (κ2) is 9.58. The Kier molecular flexibility index (Phi) is 6.88. The van der Waals surface area contributed by atoms with Gasteiger partial charge in [-0.15, -0.1) is 0 Å². The summed E-state index contributed by atoms with van der Waals surface area (Å²) < 4.78 is 34.6. The molecule has 2 N–H and O–H groups in total. The highest BCUT2D eigenvalue weighted by molar-refractivity contribution is 9.10. The highest BCUT2D eigenvalue weighted by atomic mass is 79.9. The van der Waals surface area contributed by atoms with E-state index in [1.807, 2.05) is 24.3 Å². The summed E-state index contributed by atoms with van der Waals surface area (Å²) in [6.07, 6.45) is 1.50. The SMILES string of the molecule is COc1ccccc1NS(=O)(=O)c1cc([N+](=O)[O-])ccc1NN=Cc1ccc(Br)cc1. The third-order valence-electron chi connectivity index (χ3n) is 4.09. The van der Waals surface area contributed by atoms with Crippen LogP contribution >= 0.6 is 15.9 Å². The largest absolute Gasteiger partial charge is 0.495 e. The van der Waals surface area contributed by atoms with E-state index in [2.05, 4.69) is 31.2 Å². The number of halogens is 1. The summed E-state index contributed by atoms with van der Waals surface area (Å²) in [5.74, 6) is 0.305. The number of nitro groups is 1. The van der Waals surface area contributed by atoms with Crippen LogP contribution in [0.4, 0.5) is 17.1 Å². The van der Waals surface area contributed by atoms with Gasteiger partial charge in [-0.2, -0.15) is 5.10 Å². The zero-order chi connectivity index (χ0) is 22.4. The highest BCUT2D eigenvalue weighted by Gasteiger charge is 2.23. The molecule has 0 heterocycles. The third kappa shape index (κ3) is 5.58. The minimum atomic E-state index is -4.21. The van der Waals surface area contributed by atoms with Crippen LogP contribution in [0.25, 0.3) is 0 Å². The van der Waals surface area contributed by atoms with Crippen LogP contribution in [-0.4, -0.2) is 26.7 Å². The quantitative estimate of drug-likeness (QED) is 0.262. The molecule has 3 aromatic rings. The number of hydrogen-bond acceptors (Lipinski definition) is 7. The van der Waals surface area contributed by atoms with Crippen molar-refractivity contribution in [1.29, 1.82) is 0 Å². The van der Waals surface area contributed by atoms with Gasteiger partial charge in [0, 0.05) is 16.6 Å². The average molecular weight is 505 g/mol. The summed E-state index contributed by atoms with van der Waals surface area (Å²) in [5, 5.41) is 15.2. The lowest BCUT2D eigenvalue weighted by Gasteiger charge is -2.14. The predicted molar refractivity (Wildman–Crippen MR) is 122 cm³/mol. The minimum Gasteiger partial charge on any atom is -0.495 e. The lowest BCUT2D eigenvalue weighted by Crippen LogP contribution is -2.15. The van der Waals surface area contributed by atoms with Gasteiger partial charge in [-0.05, 0) is 35.9 Å². The van der Waals surface area contributed by atoms with E-state index in [1.165, 1.54) is 31.5 Å². The van der Waals surface area contributed by atoms with Crippen LogP contribution in [0.1, 0.15) is 5.56 Å². The van der Waals surface area contributed by atoms with Gasteiger partial charge in [0.15, 0.2) is 0 Å². The van der Waals surface area contributed by atoms with Crippen molar-refractivity contribution in [3.63, 3.8) is 0 Å². The lowest BCUT2D eigenvalue weighted by atomic mass is 10.2. The Hall–Kier alpha value is -3.44. The molecule has 0 aliphatic heterocycles. The number of nitrogens with zero attached hydrogens (tertiary/aromatic N) is 2. The Morgan fingerprint density at radius 2 is 1.77 bits per heavy atom. The molecule has 0 saturated carbocycles. The first kappa shape index (κ1) is 22.2. The number of sulfonamides is 1. The Morgan fingerprint density at radius 1 is 1.06 bits per heavy atom. The number of nitro benzene ring substituents is 1. The first-order valence-corrected chi connectivity index (χ1v) is 11.1. The molecule has 0 aliphatic carbocycles. The fourth-order valence-electron chi connectivity index (χ4n) is 2.59. The van der Waals surface area contributed by atoms with Crippen LogP contribution in [0.15, 0.2) is 81.2 Å². The first-order valence-electron chi connectivity index (χ1n) is 8.79. The van der Waals surface area contributed by atoms with Crippen LogP contribution in [0, 0.1) is 10.1 Å². The molecule has 3 rings (SSSR count). The highest BCUT2D eigenvalue weighted by Crippen LogP contribution is 2.31. The van der Waals surface area contributed by atoms with E-state index >= 15 is 0 Å². The molecule has 11 heteroatoms. The van der Waals surface area contributed by atoms with Gasteiger partial charge in [0.1, 0.15) is 10.6 Å². The van der Waals surface area contributed by atoms with E-state index < -0.39 is 14.9 Å². The van der Waals surface area contributed by atoms with Crippen LogP contribution in [0.2, 0.25) is 0 Å². The van der Waals surface area contributed by atoms with Gasteiger partial charge in [0.25, 0.3) is 15.7 Å². The molecule has 0 aliphatic rings. The van der Waals surface area contributed by atoms with E-state index in [4.69, 9.17) is 4.74 Å². The third-order valence-corrected chi connectivity index (χ3v) is 6.02. The van der Waals surface area contributed by atoms with Crippen molar-refractivity contribution in [3.8, 4) is 5.75 Å². The molecule has 0 atom stereocenters. The van der Waals surface area contributed by atoms with Crippen LogP contribution in [0.3, 0.4) is 0 Å². The van der Waals surface area contributed by atoms with Crippen molar-refractivity contribution >= 4 is 49.2 Å². The number of para-hydroxylation sites is 2. The average Bonchev–Trinajstić information content (AvgIpc) is 2.75. The van der Waals surface area contributed by atoms with Crippen LogP contribution in [-0.2, 0) is 10.0 Å². The number of ether oxygens (including phenoxy) is 1. The number of rotatable bonds is 8. The van der Waals surface area contributed by atoms with Crippen molar-refractivity contribution in [2.75, 3.05) is 17.3 Å². The lowest BCUT2D eigenvalue weighted by molar-refractivity contribution is -0.385. The summed E-state index contributed by atoms with van der Waals surface area (Å²) in [4.78, 5) is 10.2. The number of benzene rings is 3. The number of anilines is 2. The summed E-state index contributed by atoms with van der Waals surface area (Å²) in [6.45, 7) is 0. The molecule has 0 spiro atoms. The topological polar surface area (TPSA) is 123 Å². The Bertz CT molecular complexity index is 1230. The van der Waals surface area contributed by atoms with Gasteiger partial charge in [-0.25, -0.2) is 8.42 Å². The van der Waals surface area contributed by atoms with Crippen molar-refractivity contribution < 1.29 is 18.1 Å². The summed E-state index contributed by atoms with van der Waals surface area (Å²) in [7, 11) is -2.80. The van der Waals surface area contributed by atoms with E-state index in [1.54, 1.807) is 18.2 Å². The molecule has 160 valence electrons. The fourth-order valence-corrected chi connectivity index (χ4v) is 4.10. The molecule has 0 saturated heterocycles. The van der Waals surface area contributed by atoms with E-state index in [9.17, 15) is 18.5 Å². The van der Waals surface area contributed by atoms with E-state index in [0.29, 0.717) is 5.75 Å². The normalized spacial score (nSPS) is 11.3. The Balaban J connectivity index is 1.95. The summed E-state index contributed by atoms with van der Waals surface area (Å²) in [6, 6.07) is 17.2. The van der Waals surface area contributed by atoms with E-state index in [-0.39, 0.29) is 22.0 Å². The molecule has 3 aromatic carbocycles.